The first kappa shape index (κ1) is 32.5. The van der Waals surface area contributed by atoms with Gasteiger partial charge in [-0.1, -0.05) is 101 Å². The molecule has 0 spiro atoms. The fourth-order valence-corrected chi connectivity index (χ4v) is 5.41. The van der Waals surface area contributed by atoms with Crippen LogP contribution in [-0.4, -0.2) is 25.6 Å². The number of para-hydroxylation sites is 1. The highest BCUT2D eigenvalue weighted by molar-refractivity contribution is 9.10. The molecule has 0 saturated carbocycles. The summed E-state index contributed by atoms with van der Waals surface area (Å²) in [4.78, 5) is 26.0. The van der Waals surface area contributed by atoms with E-state index in [2.05, 4.69) is 33.4 Å². The number of ether oxygens (including phenoxy) is 3. The van der Waals surface area contributed by atoms with Crippen molar-refractivity contribution in [2.75, 3.05) is 13.7 Å². The second-order valence-corrected chi connectivity index (χ2v) is 11.7. The molecule has 1 amide bonds. The molecule has 5 aromatic carbocycles. The Balaban J connectivity index is 1.25. The summed E-state index contributed by atoms with van der Waals surface area (Å²) in [5.41, 5.74) is 4.47. The van der Waals surface area contributed by atoms with Crippen molar-refractivity contribution in [2.45, 2.75) is 31.7 Å². The van der Waals surface area contributed by atoms with E-state index in [1.807, 2.05) is 103 Å². The molecule has 1 atom stereocenters. The SMILES string of the molecule is COC(=O)CC(NC(=O)c1cc(Br)ccc1OCCCCc1ccccc1)c1ccc(-c2ccc(Oc3ccccc3)cc2)cc1. The van der Waals surface area contributed by atoms with Crippen LogP contribution >= 0.6 is 15.9 Å². The molecule has 5 aromatic rings. The van der Waals surface area contributed by atoms with Crippen molar-refractivity contribution < 1.29 is 23.8 Å². The molecule has 0 aliphatic heterocycles. The molecule has 234 valence electrons. The van der Waals surface area contributed by atoms with E-state index in [9.17, 15) is 9.59 Å². The van der Waals surface area contributed by atoms with E-state index in [0.29, 0.717) is 17.9 Å². The van der Waals surface area contributed by atoms with E-state index in [0.717, 1.165) is 51.9 Å². The molecule has 0 aromatic heterocycles. The lowest BCUT2D eigenvalue weighted by atomic mass is 9.98. The third-order valence-electron chi connectivity index (χ3n) is 7.53. The molecule has 0 fully saturated rings. The van der Waals surface area contributed by atoms with E-state index in [1.165, 1.54) is 12.7 Å². The maximum absolute atomic E-state index is 13.6. The smallest absolute Gasteiger partial charge is 0.307 e. The zero-order valence-electron chi connectivity index (χ0n) is 25.7. The maximum atomic E-state index is 13.6. The summed E-state index contributed by atoms with van der Waals surface area (Å²) in [6, 6.07) is 40.4. The molecule has 0 bridgehead atoms. The third kappa shape index (κ3) is 9.31. The first-order valence-electron chi connectivity index (χ1n) is 15.3. The van der Waals surface area contributed by atoms with Crippen LogP contribution in [0.3, 0.4) is 0 Å². The first-order valence-corrected chi connectivity index (χ1v) is 16.0. The highest BCUT2D eigenvalue weighted by Gasteiger charge is 2.22. The molecule has 5 rings (SSSR count). The third-order valence-corrected chi connectivity index (χ3v) is 8.02. The summed E-state index contributed by atoms with van der Waals surface area (Å²) in [6.07, 6.45) is 2.79. The van der Waals surface area contributed by atoms with Crippen molar-refractivity contribution >= 4 is 27.8 Å². The average Bonchev–Trinajstić information content (AvgIpc) is 3.09. The molecule has 0 aliphatic carbocycles. The van der Waals surface area contributed by atoms with Gasteiger partial charge in [-0.2, -0.15) is 0 Å². The molecular weight excluding hydrogens is 642 g/mol. The lowest BCUT2D eigenvalue weighted by molar-refractivity contribution is -0.141. The van der Waals surface area contributed by atoms with Crippen molar-refractivity contribution in [3.63, 3.8) is 0 Å². The van der Waals surface area contributed by atoms with Crippen molar-refractivity contribution in [3.05, 3.63) is 149 Å². The molecule has 1 unspecified atom stereocenters. The fourth-order valence-electron chi connectivity index (χ4n) is 5.05. The standard InChI is InChI=1S/C39H36BrNO5/c1-44-38(42)27-36(31-17-15-29(16-18-31)30-19-22-34(23-20-30)46-33-13-6-3-7-14-33)41-39(43)35-26-32(40)21-24-37(35)45-25-9-8-12-28-10-4-2-5-11-28/h2-7,10-11,13-24,26,36H,8-9,12,25,27H2,1H3,(H,41,43). The molecule has 6 nitrogen and oxygen atoms in total. The number of hydrogen-bond acceptors (Lipinski definition) is 5. The van der Waals surface area contributed by atoms with Gasteiger partial charge in [0.15, 0.2) is 0 Å². The Morgan fingerprint density at radius 2 is 1.37 bits per heavy atom. The molecule has 1 N–H and O–H groups in total. The summed E-state index contributed by atoms with van der Waals surface area (Å²) >= 11 is 3.48. The molecule has 0 heterocycles. The van der Waals surface area contributed by atoms with Crippen molar-refractivity contribution in [1.82, 2.24) is 5.32 Å². The molecular formula is C39H36BrNO5. The zero-order valence-corrected chi connectivity index (χ0v) is 27.2. The summed E-state index contributed by atoms with van der Waals surface area (Å²) in [5.74, 6) is 1.25. The molecule has 0 saturated heterocycles. The Kier molecular flexibility index (Phi) is 11.6. The number of methoxy groups -OCH3 is 1. The van der Waals surface area contributed by atoms with E-state index in [-0.39, 0.29) is 12.3 Å². The Morgan fingerprint density at radius 1 is 0.739 bits per heavy atom. The van der Waals surface area contributed by atoms with Crippen molar-refractivity contribution in [2.24, 2.45) is 0 Å². The van der Waals surface area contributed by atoms with Gasteiger partial charge in [0.2, 0.25) is 0 Å². The van der Waals surface area contributed by atoms with Crippen LogP contribution in [-0.2, 0) is 16.0 Å². The van der Waals surface area contributed by atoms with Crippen LogP contribution in [0.5, 0.6) is 17.2 Å². The summed E-state index contributed by atoms with van der Waals surface area (Å²) in [7, 11) is 1.34. The van der Waals surface area contributed by atoms with E-state index < -0.39 is 12.0 Å². The van der Waals surface area contributed by atoms with Crippen molar-refractivity contribution in [1.29, 1.82) is 0 Å². The second kappa shape index (κ2) is 16.4. The van der Waals surface area contributed by atoms with Crippen LogP contribution in [0.4, 0.5) is 0 Å². The number of hydrogen-bond donors (Lipinski definition) is 1. The number of halogens is 1. The Bertz CT molecular complexity index is 1710. The van der Waals surface area contributed by atoms with E-state index in [4.69, 9.17) is 14.2 Å². The lowest BCUT2D eigenvalue weighted by Crippen LogP contribution is -2.31. The highest BCUT2D eigenvalue weighted by atomic mass is 79.9. The number of amides is 1. The largest absolute Gasteiger partial charge is 0.493 e. The predicted molar refractivity (Wildman–Crippen MR) is 184 cm³/mol. The molecule has 0 radical (unpaired) electrons. The second-order valence-electron chi connectivity index (χ2n) is 10.8. The number of unbranched alkanes of at least 4 members (excludes halogenated alkanes) is 1. The van der Waals surface area contributed by atoms with Crippen LogP contribution < -0.4 is 14.8 Å². The van der Waals surface area contributed by atoms with Gasteiger partial charge in [-0.25, -0.2) is 0 Å². The quantitative estimate of drug-likeness (QED) is 0.0936. The normalized spacial score (nSPS) is 11.3. The number of rotatable bonds is 14. The van der Waals surface area contributed by atoms with Gasteiger partial charge in [0.05, 0.1) is 31.7 Å². The minimum absolute atomic E-state index is 0.0171. The first-order chi connectivity index (χ1) is 22.5. The predicted octanol–water partition coefficient (Wildman–Crippen LogP) is 9.34. The van der Waals surface area contributed by atoms with Gasteiger partial charge < -0.3 is 19.5 Å². The van der Waals surface area contributed by atoms with Gasteiger partial charge in [0, 0.05) is 4.47 Å². The van der Waals surface area contributed by atoms with Gasteiger partial charge in [0.1, 0.15) is 17.2 Å². The van der Waals surface area contributed by atoms with E-state index in [1.54, 1.807) is 12.1 Å². The topological polar surface area (TPSA) is 73.9 Å². The summed E-state index contributed by atoms with van der Waals surface area (Å²) in [6.45, 7) is 0.487. The van der Waals surface area contributed by atoms with Gasteiger partial charge in [-0.05, 0) is 84.0 Å². The zero-order chi connectivity index (χ0) is 32.1. The summed E-state index contributed by atoms with van der Waals surface area (Å²) in [5, 5.41) is 3.04. The fraction of sp³-hybridized carbons (Fsp3) is 0.179. The van der Waals surface area contributed by atoms with Crippen molar-refractivity contribution in [3.8, 4) is 28.4 Å². The van der Waals surface area contributed by atoms with Gasteiger partial charge in [-0.15, -0.1) is 0 Å². The van der Waals surface area contributed by atoms with Gasteiger partial charge in [-0.3, -0.25) is 9.59 Å². The number of benzene rings is 5. The minimum atomic E-state index is -0.603. The average molecular weight is 679 g/mol. The van der Waals surface area contributed by atoms with Crippen LogP contribution in [0.15, 0.2) is 132 Å². The number of carbonyl (C=O) groups excluding carboxylic acids is 2. The van der Waals surface area contributed by atoms with Gasteiger partial charge >= 0.3 is 5.97 Å². The Morgan fingerprint density at radius 3 is 2.04 bits per heavy atom. The summed E-state index contributed by atoms with van der Waals surface area (Å²) < 4.78 is 17.7. The molecule has 7 heteroatoms. The van der Waals surface area contributed by atoms with Crippen LogP contribution in [0.2, 0.25) is 0 Å². The van der Waals surface area contributed by atoms with Gasteiger partial charge in [0.25, 0.3) is 5.91 Å². The number of nitrogens with one attached hydrogen (secondary N) is 1. The monoisotopic (exact) mass is 677 g/mol. The number of esters is 1. The number of carbonyl (C=O) groups is 2. The minimum Gasteiger partial charge on any atom is -0.493 e. The lowest BCUT2D eigenvalue weighted by Gasteiger charge is -2.20. The molecule has 0 aliphatic rings. The van der Waals surface area contributed by atoms with Crippen LogP contribution in [0.1, 0.15) is 46.8 Å². The highest BCUT2D eigenvalue weighted by Crippen LogP contribution is 2.29. The Hall–Kier alpha value is -4.88. The van der Waals surface area contributed by atoms with E-state index >= 15 is 0 Å². The molecule has 46 heavy (non-hydrogen) atoms. The van der Waals surface area contributed by atoms with Crippen LogP contribution in [0, 0.1) is 0 Å². The Labute approximate surface area is 278 Å². The maximum Gasteiger partial charge on any atom is 0.307 e. The number of aryl methyl sites for hydroxylation is 1. The van der Waals surface area contributed by atoms with Crippen LogP contribution in [0.25, 0.3) is 11.1 Å².